The zero-order chi connectivity index (χ0) is 19.8. The minimum absolute atomic E-state index is 0.299. The fourth-order valence-electron chi connectivity index (χ4n) is 3.49. The normalized spacial score (nSPS) is 11.8. The molecule has 0 amide bonds. The summed E-state index contributed by atoms with van der Waals surface area (Å²) in [6, 6.07) is 14.0. The lowest BCUT2D eigenvalue weighted by molar-refractivity contribution is 0.505. The van der Waals surface area contributed by atoms with Gasteiger partial charge in [0.15, 0.2) is 5.16 Å². The van der Waals surface area contributed by atoms with Crippen molar-refractivity contribution in [1.29, 1.82) is 0 Å². The van der Waals surface area contributed by atoms with Gasteiger partial charge >= 0.3 is 5.63 Å². The Morgan fingerprint density at radius 2 is 1.93 bits per heavy atom. The van der Waals surface area contributed by atoms with Gasteiger partial charge in [-0.15, -0.1) is 0 Å². The molecule has 2 aromatic heterocycles. The van der Waals surface area contributed by atoms with Crippen LogP contribution in [0.3, 0.4) is 0 Å². The molecular weight excluding hydrogens is 368 g/mol. The van der Waals surface area contributed by atoms with Crippen molar-refractivity contribution in [3.8, 4) is 0 Å². The molecule has 0 fully saturated rings. The molecule has 4 rings (SSSR count). The molecule has 0 aliphatic carbocycles. The van der Waals surface area contributed by atoms with Gasteiger partial charge < -0.3 is 8.98 Å². The van der Waals surface area contributed by atoms with Crippen LogP contribution in [-0.2, 0) is 12.3 Å². The van der Waals surface area contributed by atoms with Gasteiger partial charge in [-0.3, -0.25) is 0 Å². The van der Waals surface area contributed by atoms with Crippen molar-refractivity contribution in [2.75, 3.05) is 0 Å². The van der Waals surface area contributed by atoms with Crippen LogP contribution in [-0.4, -0.2) is 9.55 Å². The van der Waals surface area contributed by atoms with Crippen LogP contribution in [0, 0.1) is 19.8 Å². The number of rotatable bonds is 5. The van der Waals surface area contributed by atoms with Crippen LogP contribution in [0.1, 0.15) is 30.5 Å². The Hall–Kier alpha value is -2.53. The molecule has 0 saturated carbocycles. The lowest BCUT2D eigenvalue weighted by Crippen LogP contribution is -2.06. The number of fused-ring (bicyclic) bond motifs is 2. The topological polar surface area (TPSA) is 48.0 Å². The van der Waals surface area contributed by atoms with Gasteiger partial charge in [-0.2, -0.15) is 0 Å². The lowest BCUT2D eigenvalue weighted by Gasteiger charge is -2.12. The molecule has 0 aliphatic rings. The monoisotopic (exact) mass is 392 g/mol. The van der Waals surface area contributed by atoms with Gasteiger partial charge in [0.05, 0.1) is 11.0 Å². The number of hydrogen-bond acceptors (Lipinski definition) is 4. The molecule has 0 spiro atoms. The van der Waals surface area contributed by atoms with Crippen molar-refractivity contribution in [3.63, 3.8) is 0 Å². The summed E-state index contributed by atoms with van der Waals surface area (Å²) in [5.41, 5.74) is 5.69. The first-order valence-corrected chi connectivity index (χ1v) is 10.5. The quantitative estimate of drug-likeness (QED) is 0.322. The third-order valence-electron chi connectivity index (χ3n) is 5.04. The summed E-state index contributed by atoms with van der Waals surface area (Å²) in [5.74, 6) is 1.19. The molecule has 4 nitrogen and oxygen atoms in total. The zero-order valence-electron chi connectivity index (χ0n) is 16.7. The molecule has 0 aliphatic heterocycles. The standard InChI is InChI=1S/C23H24N2O2S/c1-14(2)12-25-20-8-6-5-7-19(20)24-23(25)28-13-17-11-21(26)27-22-16(4)15(3)9-10-18(17)22/h5-11,14H,12-13H2,1-4H3. The first kappa shape index (κ1) is 18.8. The van der Waals surface area contributed by atoms with Crippen LogP contribution in [0.25, 0.3) is 22.0 Å². The molecule has 0 N–H and O–H groups in total. The summed E-state index contributed by atoms with van der Waals surface area (Å²) in [5, 5.41) is 1.99. The number of aryl methyl sites for hydroxylation is 2. The van der Waals surface area contributed by atoms with Crippen LogP contribution < -0.4 is 5.63 Å². The van der Waals surface area contributed by atoms with Gasteiger partial charge in [-0.1, -0.05) is 49.9 Å². The Morgan fingerprint density at radius 1 is 1.14 bits per heavy atom. The molecule has 0 bridgehead atoms. The Morgan fingerprint density at radius 3 is 2.71 bits per heavy atom. The van der Waals surface area contributed by atoms with E-state index in [1.54, 1.807) is 17.8 Å². The van der Waals surface area contributed by atoms with Crippen LogP contribution in [0.2, 0.25) is 0 Å². The van der Waals surface area contributed by atoms with E-state index in [0.29, 0.717) is 17.3 Å². The summed E-state index contributed by atoms with van der Waals surface area (Å²) in [4.78, 5) is 17.0. The van der Waals surface area contributed by atoms with Crippen LogP contribution in [0.5, 0.6) is 0 Å². The van der Waals surface area contributed by atoms with Crippen molar-refractivity contribution >= 4 is 33.8 Å². The molecule has 2 aromatic carbocycles. The molecule has 4 aromatic rings. The number of para-hydroxylation sites is 2. The van der Waals surface area contributed by atoms with E-state index in [0.717, 1.165) is 44.8 Å². The molecular formula is C23H24N2O2S. The Kier molecular flexibility index (Phi) is 5.02. The summed E-state index contributed by atoms with van der Waals surface area (Å²) < 4.78 is 7.79. The third-order valence-corrected chi connectivity index (χ3v) is 6.07. The van der Waals surface area contributed by atoms with Gasteiger partial charge in [0.2, 0.25) is 0 Å². The molecule has 0 atom stereocenters. The second-order valence-corrected chi connectivity index (χ2v) is 8.59. The van der Waals surface area contributed by atoms with E-state index in [4.69, 9.17) is 9.40 Å². The number of aromatic nitrogens is 2. The first-order valence-electron chi connectivity index (χ1n) is 9.55. The SMILES string of the molecule is Cc1ccc2c(CSc3nc4ccccc4n3CC(C)C)cc(=O)oc2c1C. The molecule has 0 saturated heterocycles. The fourth-order valence-corrected chi connectivity index (χ4v) is 4.51. The Labute approximate surface area is 168 Å². The highest BCUT2D eigenvalue weighted by atomic mass is 32.2. The highest BCUT2D eigenvalue weighted by Crippen LogP contribution is 2.31. The van der Waals surface area contributed by atoms with E-state index in [1.807, 2.05) is 26.0 Å². The van der Waals surface area contributed by atoms with E-state index in [9.17, 15) is 4.79 Å². The van der Waals surface area contributed by atoms with Crippen molar-refractivity contribution in [1.82, 2.24) is 9.55 Å². The highest BCUT2D eigenvalue weighted by Gasteiger charge is 2.14. The second kappa shape index (κ2) is 7.47. The number of hydrogen-bond donors (Lipinski definition) is 0. The third kappa shape index (κ3) is 3.47. The minimum atomic E-state index is -0.299. The molecule has 2 heterocycles. The summed E-state index contributed by atoms with van der Waals surface area (Å²) >= 11 is 1.67. The van der Waals surface area contributed by atoms with Crippen molar-refractivity contribution in [2.24, 2.45) is 5.92 Å². The van der Waals surface area contributed by atoms with E-state index in [2.05, 4.69) is 42.7 Å². The molecule has 0 unspecified atom stereocenters. The van der Waals surface area contributed by atoms with Gasteiger partial charge in [-0.05, 0) is 48.6 Å². The highest BCUT2D eigenvalue weighted by molar-refractivity contribution is 7.98. The van der Waals surface area contributed by atoms with Gasteiger partial charge in [0, 0.05) is 23.8 Å². The van der Waals surface area contributed by atoms with Gasteiger partial charge in [0.1, 0.15) is 5.58 Å². The number of imidazole rings is 1. The number of nitrogens with zero attached hydrogens (tertiary/aromatic N) is 2. The summed E-state index contributed by atoms with van der Waals surface area (Å²) in [6.45, 7) is 9.37. The minimum Gasteiger partial charge on any atom is -0.422 e. The van der Waals surface area contributed by atoms with Gasteiger partial charge in [0.25, 0.3) is 0 Å². The van der Waals surface area contributed by atoms with Gasteiger partial charge in [-0.25, -0.2) is 9.78 Å². The average Bonchev–Trinajstić information content (AvgIpc) is 3.00. The molecule has 5 heteroatoms. The maximum atomic E-state index is 12.1. The molecule has 0 radical (unpaired) electrons. The lowest BCUT2D eigenvalue weighted by atomic mass is 10.0. The van der Waals surface area contributed by atoms with E-state index in [1.165, 1.54) is 0 Å². The summed E-state index contributed by atoms with van der Waals surface area (Å²) in [6.07, 6.45) is 0. The first-order chi connectivity index (χ1) is 13.4. The second-order valence-electron chi connectivity index (χ2n) is 7.65. The maximum Gasteiger partial charge on any atom is 0.336 e. The smallest absolute Gasteiger partial charge is 0.336 e. The van der Waals surface area contributed by atoms with E-state index >= 15 is 0 Å². The van der Waals surface area contributed by atoms with Crippen LogP contribution >= 0.6 is 11.8 Å². The molecule has 28 heavy (non-hydrogen) atoms. The fraction of sp³-hybridized carbons (Fsp3) is 0.304. The summed E-state index contributed by atoms with van der Waals surface area (Å²) in [7, 11) is 0. The van der Waals surface area contributed by atoms with Crippen molar-refractivity contribution in [3.05, 3.63) is 69.6 Å². The van der Waals surface area contributed by atoms with Crippen LogP contribution in [0.15, 0.2) is 56.8 Å². The number of benzene rings is 2. The number of thioether (sulfide) groups is 1. The van der Waals surface area contributed by atoms with Crippen LogP contribution in [0.4, 0.5) is 0 Å². The molecule has 144 valence electrons. The van der Waals surface area contributed by atoms with Crippen molar-refractivity contribution in [2.45, 2.75) is 45.1 Å². The predicted octanol–water partition coefficient (Wildman–Crippen LogP) is 5.71. The van der Waals surface area contributed by atoms with E-state index < -0.39 is 0 Å². The zero-order valence-corrected chi connectivity index (χ0v) is 17.5. The average molecular weight is 393 g/mol. The maximum absolute atomic E-state index is 12.1. The Balaban J connectivity index is 1.74. The van der Waals surface area contributed by atoms with Crippen molar-refractivity contribution < 1.29 is 4.42 Å². The predicted molar refractivity (Wildman–Crippen MR) is 116 cm³/mol. The Bertz CT molecular complexity index is 1220. The van der Waals surface area contributed by atoms with E-state index in [-0.39, 0.29) is 5.63 Å². The largest absolute Gasteiger partial charge is 0.422 e.